The van der Waals surface area contributed by atoms with Crippen LogP contribution < -0.4 is 0 Å². The van der Waals surface area contributed by atoms with Crippen molar-refractivity contribution in [3.63, 3.8) is 0 Å². The average molecular weight is 484 g/mol. The first kappa shape index (κ1) is 23.1. The van der Waals surface area contributed by atoms with Crippen LogP contribution in [0, 0.1) is 24.0 Å². The van der Waals surface area contributed by atoms with E-state index in [9.17, 15) is 14.9 Å². The summed E-state index contributed by atoms with van der Waals surface area (Å²) >= 11 is -0.728. The van der Waals surface area contributed by atoms with E-state index in [0.29, 0.717) is 16.7 Å². The number of nitro groups is 1. The van der Waals surface area contributed by atoms with Crippen molar-refractivity contribution in [2.24, 2.45) is 0 Å². The summed E-state index contributed by atoms with van der Waals surface area (Å²) in [5, 5.41) is 16.0. The minimum absolute atomic E-state index is 0.00762. The first-order chi connectivity index (χ1) is 14.8. The van der Waals surface area contributed by atoms with E-state index >= 15 is 0 Å². The Balaban J connectivity index is 1.78. The first-order valence-electron chi connectivity index (χ1n) is 10.6. The minimum atomic E-state index is -0.728. The summed E-state index contributed by atoms with van der Waals surface area (Å²) in [6.45, 7) is 8.13. The Morgan fingerprint density at radius 2 is 1.81 bits per heavy atom. The average Bonchev–Trinajstić information content (AvgIpc) is 3.08. The molecule has 0 bridgehead atoms. The zero-order chi connectivity index (χ0) is 22.5. The van der Waals surface area contributed by atoms with Crippen LogP contribution in [0.2, 0.25) is 15.6 Å². The van der Waals surface area contributed by atoms with E-state index < -0.39 is 25.5 Å². The number of aromatic nitrogens is 1. The molecule has 0 amide bonds. The summed E-state index contributed by atoms with van der Waals surface area (Å²) in [5.74, 6) is -0.418. The fourth-order valence-electron chi connectivity index (χ4n) is 3.78. The number of carbonyl (C=O) groups excluding carboxylic acids is 1. The van der Waals surface area contributed by atoms with Crippen molar-refractivity contribution in [1.29, 1.82) is 0 Å². The van der Waals surface area contributed by atoms with Crippen molar-refractivity contribution >= 4 is 37.2 Å². The van der Waals surface area contributed by atoms with Gasteiger partial charge in [-0.2, -0.15) is 0 Å². The van der Waals surface area contributed by atoms with Crippen LogP contribution in [0.5, 0.6) is 0 Å². The second-order valence-electron chi connectivity index (χ2n) is 7.74. The van der Waals surface area contributed by atoms with Crippen LogP contribution in [0.3, 0.4) is 0 Å². The van der Waals surface area contributed by atoms with Crippen LogP contribution in [0.1, 0.15) is 46.6 Å². The Bertz CT molecular complexity index is 1100. The van der Waals surface area contributed by atoms with E-state index in [1.165, 1.54) is 27.3 Å². The SMILES string of the molecule is CC[As](CC)CCc1ccc2[nH]c(C)c(C(=O)OCc3ccc(C)c([N+](=O)[O-])c3)c2c1. The van der Waals surface area contributed by atoms with Gasteiger partial charge in [0.25, 0.3) is 0 Å². The van der Waals surface area contributed by atoms with Crippen molar-refractivity contribution < 1.29 is 14.5 Å². The molecule has 0 atom stereocenters. The predicted octanol–water partition coefficient (Wildman–Crippen LogP) is 6.13. The first-order valence-corrected chi connectivity index (χ1v) is 14.6. The monoisotopic (exact) mass is 484 g/mol. The summed E-state index contributed by atoms with van der Waals surface area (Å²) in [5.41, 5.74) is 4.68. The van der Waals surface area contributed by atoms with Crippen LogP contribution in [0.25, 0.3) is 10.9 Å². The van der Waals surface area contributed by atoms with Crippen molar-refractivity contribution in [2.75, 3.05) is 0 Å². The van der Waals surface area contributed by atoms with Gasteiger partial charge in [0.15, 0.2) is 0 Å². The van der Waals surface area contributed by atoms with Crippen molar-refractivity contribution in [2.45, 2.75) is 56.3 Å². The van der Waals surface area contributed by atoms with Gasteiger partial charge in [0.2, 0.25) is 0 Å². The summed E-state index contributed by atoms with van der Waals surface area (Å²) in [6.07, 6.45) is 1.05. The molecule has 1 N–H and O–H groups in total. The molecule has 0 radical (unpaired) electrons. The number of ether oxygens (including phenoxy) is 1. The molecule has 0 saturated heterocycles. The number of nitro benzene ring substituents is 1. The quantitative estimate of drug-likeness (QED) is 0.171. The van der Waals surface area contributed by atoms with Crippen LogP contribution >= 0.6 is 0 Å². The third-order valence-electron chi connectivity index (χ3n) is 5.71. The molecule has 0 unspecified atom stereocenters. The number of nitrogens with one attached hydrogen (secondary N) is 1. The Labute approximate surface area is 187 Å². The molecule has 0 aliphatic carbocycles. The Morgan fingerprint density at radius 1 is 1.10 bits per heavy atom. The standard InChI is InChI=1S/C24H29AsN2O4/c1-5-25(6-2)12-11-18-9-10-21-20(13-18)23(17(4)26-21)24(28)31-15-19-8-7-16(3)22(14-19)27(29)30/h7-10,13-14,26H,5-6,11-12,15H2,1-4H3. The maximum absolute atomic E-state index is 12.9. The molecular weight excluding hydrogens is 455 g/mol. The number of fused-ring (bicyclic) bond motifs is 1. The normalized spacial score (nSPS) is 11.3. The van der Waals surface area contributed by atoms with E-state index in [2.05, 4.69) is 31.0 Å². The molecule has 1 heterocycles. The molecule has 0 aliphatic heterocycles. The molecule has 6 nitrogen and oxygen atoms in total. The Morgan fingerprint density at radius 3 is 2.48 bits per heavy atom. The fourth-order valence-corrected chi connectivity index (χ4v) is 7.25. The molecule has 31 heavy (non-hydrogen) atoms. The number of hydrogen-bond donors (Lipinski definition) is 1. The molecule has 7 heteroatoms. The van der Waals surface area contributed by atoms with Crippen LogP contribution in [0.4, 0.5) is 5.69 Å². The molecule has 0 saturated carbocycles. The molecule has 3 rings (SSSR count). The van der Waals surface area contributed by atoms with Gasteiger partial charge in [-0.25, -0.2) is 0 Å². The third kappa shape index (κ3) is 5.37. The number of nitrogens with zero attached hydrogens (tertiary/aromatic N) is 1. The molecule has 2 aromatic carbocycles. The fraction of sp³-hybridized carbons (Fsp3) is 0.375. The number of aromatic amines is 1. The summed E-state index contributed by atoms with van der Waals surface area (Å²) < 4.78 is 5.53. The van der Waals surface area contributed by atoms with Gasteiger partial charge in [-0.3, -0.25) is 10.1 Å². The van der Waals surface area contributed by atoms with Gasteiger partial charge >= 0.3 is 160 Å². The Kier molecular flexibility index (Phi) is 7.55. The Hall–Kier alpha value is -2.59. The predicted molar refractivity (Wildman–Crippen MR) is 125 cm³/mol. The van der Waals surface area contributed by atoms with Crippen LogP contribution in [-0.2, 0) is 17.8 Å². The zero-order valence-corrected chi connectivity index (χ0v) is 20.4. The number of hydrogen-bond acceptors (Lipinski definition) is 4. The van der Waals surface area contributed by atoms with Crippen molar-refractivity contribution in [3.05, 3.63) is 74.5 Å². The molecular formula is C24H29AsN2O4. The van der Waals surface area contributed by atoms with Crippen molar-refractivity contribution in [1.82, 2.24) is 4.98 Å². The summed E-state index contributed by atoms with van der Waals surface area (Å²) in [7, 11) is 0. The summed E-state index contributed by atoms with van der Waals surface area (Å²) in [4.78, 5) is 26.9. The van der Waals surface area contributed by atoms with Crippen LogP contribution in [0.15, 0.2) is 36.4 Å². The number of esters is 1. The zero-order valence-electron chi connectivity index (χ0n) is 18.5. The van der Waals surface area contributed by atoms with E-state index in [0.717, 1.165) is 23.0 Å². The van der Waals surface area contributed by atoms with Gasteiger partial charge in [-0.15, -0.1) is 0 Å². The molecule has 1 aromatic heterocycles. The number of benzene rings is 2. The van der Waals surface area contributed by atoms with Gasteiger partial charge < -0.3 is 0 Å². The van der Waals surface area contributed by atoms with E-state index in [-0.39, 0.29) is 12.3 Å². The number of H-pyrrole nitrogens is 1. The van der Waals surface area contributed by atoms with Crippen molar-refractivity contribution in [3.8, 4) is 0 Å². The van der Waals surface area contributed by atoms with Gasteiger partial charge in [-0.05, 0) is 6.92 Å². The number of carbonyl (C=O) groups is 1. The van der Waals surface area contributed by atoms with Gasteiger partial charge in [0.1, 0.15) is 0 Å². The molecule has 3 aromatic rings. The molecule has 0 spiro atoms. The number of rotatable bonds is 9. The van der Waals surface area contributed by atoms with Gasteiger partial charge in [0.05, 0.1) is 4.92 Å². The molecule has 0 fully saturated rings. The third-order valence-corrected chi connectivity index (χ3v) is 11.3. The molecule has 164 valence electrons. The van der Waals surface area contributed by atoms with Gasteiger partial charge in [0, 0.05) is 5.56 Å². The second-order valence-corrected chi connectivity index (χ2v) is 14.1. The van der Waals surface area contributed by atoms with Crippen LogP contribution in [-0.4, -0.2) is 30.5 Å². The second kappa shape index (κ2) is 10.1. The maximum atomic E-state index is 12.9. The topological polar surface area (TPSA) is 85.2 Å². The van der Waals surface area contributed by atoms with E-state index in [4.69, 9.17) is 4.74 Å². The van der Waals surface area contributed by atoms with Gasteiger partial charge in [-0.1, -0.05) is 0 Å². The summed E-state index contributed by atoms with van der Waals surface area (Å²) in [6, 6.07) is 11.2. The molecule has 0 aliphatic rings. The number of aryl methyl sites for hydroxylation is 3. The van der Waals surface area contributed by atoms with E-state index in [1.807, 2.05) is 13.0 Å². The van der Waals surface area contributed by atoms with E-state index in [1.54, 1.807) is 19.1 Å².